The van der Waals surface area contributed by atoms with E-state index in [9.17, 15) is 22.8 Å². The molecular formula is C65H100Cl4N6O7S6. The zero-order chi connectivity index (χ0) is 62.4. The van der Waals surface area contributed by atoms with Crippen LogP contribution in [0.15, 0.2) is 84.9 Å². The van der Waals surface area contributed by atoms with Crippen molar-refractivity contribution >= 4 is 140 Å². The van der Waals surface area contributed by atoms with Crippen molar-refractivity contribution in [3.63, 3.8) is 0 Å². The van der Waals surface area contributed by atoms with Crippen molar-refractivity contribution in [2.24, 2.45) is 10.8 Å². The van der Waals surface area contributed by atoms with Gasteiger partial charge >= 0.3 is 6.09 Å². The lowest BCUT2D eigenvalue weighted by molar-refractivity contribution is -0.140. The Balaban J connectivity index is 0.000000557. The van der Waals surface area contributed by atoms with Gasteiger partial charge in [-0.1, -0.05) is 149 Å². The van der Waals surface area contributed by atoms with Crippen molar-refractivity contribution in [3.8, 4) is 0 Å². The van der Waals surface area contributed by atoms with Crippen LogP contribution < -0.4 is 5.32 Å². The molecule has 0 saturated carbocycles. The fraction of sp³-hybridized carbons (Fsp3) is 0.585. The number of rotatable bonds is 14. The summed E-state index contributed by atoms with van der Waals surface area (Å²) in [6.07, 6.45) is 4.22. The third kappa shape index (κ3) is 19.0. The number of carbonyl (C=O) groups excluding carboxylic acids is 3. The molecule has 4 heterocycles. The largest absolute Gasteiger partial charge is 0.444 e. The highest BCUT2D eigenvalue weighted by molar-refractivity contribution is 7.85. The molecule has 4 atom stereocenters. The van der Waals surface area contributed by atoms with E-state index in [1.54, 1.807) is 43.0 Å². The lowest BCUT2D eigenvalue weighted by Crippen LogP contribution is -2.57. The summed E-state index contributed by atoms with van der Waals surface area (Å²) in [6.45, 7) is 24.5. The molecule has 2 saturated heterocycles. The van der Waals surface area contributed by atoms with Crippen LogP contribution in [0.1, 0.15) is 141 Å². The van der Waals surface area contributed by atoms with Crippen molar-refractivity contribution < 1.29 is 32.6 Å². The number of amides is 3. The van der Waals surface area contributed by atoms with Crippen molar-refractivity contribution in [2.75, 3.05) is 87.2 Å². The zero-order valence-corrected chi connectivity index (χ0v) is 62.7. The van der Waals surface area contributed by atoms with Gasteiger partial charge in [0.1, 0.15) is 5.60 Å². The van der Waals surface area contributed by atoms with Crippen molar-refractivity contribution in [1.29, 1.82) is 0 Å². The highest BCUT2D eigenvalue weighted by Crippen LogP contribution is 2.49. The van der Waals surface area contributed by atoms with Crippen LogP contribution in [0.2, 0.25) is 20.1 Å². The summed E-state index contributed by atoms with van der Waals surface area (Å²) >= 11 is 25.6. The van der Waals surface area contributed by atoms with E-state index in [0.717, 1.165) is 76.0 Å². The molecule has 3 amide bonds. The van der Waals surface area contributed by atoms with Crippen molar-refractivity contribution in [1.82, 2.24) is 29.8 Å². The molecule has 496 valence electrons. The average molecular weight is 1410 g/mol. The Morgan fingerprint density at radius 3 is 1.35 bits per heavy atom. The minimum atomic E-state index is -0.982. The molecule has 2 spiro atoms. The fourth-order valence-electron chi connectivity index (χ4n) is 12.6. The summed E-state index contributed by atoms with van der Waals surface area (Å²) in [4.78, 5) is 50.3. The molecule has 4 aliphatic heterocycles. The Kier molecular flexibility index (Phi) is 31.4. The minimum Gasteiger partial charge on any atom is -0.444 e. The number of fused-ring (bicyclic) bond motifs is 4. The van der Waals surface area contributed by atoms with E-state index < -0.39 is 55.2 Å². The Morgan fingerprint density at radius 1 is 0.591 bits per heavy atom. The number of benzene rings is 4. The van der Waals surface area contributed by atoms with Gasteiger partial charge in [-0.15, -0.1) is 0 Å². The van der Waals surface area contributed by atoms with Crippen LogP contribution in [0.5, 0.6) is 0 Å². The molecule has 4 aromatic carbocycles. The first-order valence-electron chi connectivity index (χ1n) is 29.3. The first-order valence-corrected chi connectivity index (χ1v) is 33.5. The predicted octanol–water partition coefficient (Wildman–Crippen LogP) is 13.2. The lowest BCUT2D eigenvalue weighted by Gasteiger charge is -2.47. The number of likely N-dealkylation sites (tertiary alicyclic amines) is 2. The molecule has 0 radical (unpaired) electrons. The third-order valence-corrected chi connectivity index (χ3v) is 22.8. The Morgan fingerprint density at radius 2 is 0.966 bits per heavy atom. The van der Waals surface area contributed by atoms with Gasteiger partial charge in [-0.3, -0.25) is 22.9 Å². The molecular weight excluding hydrogens is 1310 g/mol. The van der Waals surface area contributed by atoms with Crippen LogP contribution in [-0.4, -0.2) is 149 Å². The normalized spacial score (nSPS) is 18.9. The monoisotopic (exact) mass is 1410 g/mol. The Bertz CT molecular complexity index is 3020. The molecule has 0 aromatic heterocycles. The van der Waals surface area contributed by atoms with Gasteiger partial charge in [0.15, 0.2) is 0 Å². The molecule has 88 heavy (non-hydrogen) atoms. The number of ether oxygens (including phenoxy) is 1. The van der Waals surface area contributed by atoms with E-state index in [4.69, 9.17) is 56.2 Å². The number of carbonyl (C=O) groups is 3. The van der Waals surface area contributed by atoms with E-state index in [0.29, 0.717) is 51.1 Å². The molecule has 0 aliphatic carbocycles. The Labute approximate surface area is 579 Å². The maximum absolute atomic E-state index is 13.7. The van der Waals surface area contributed by atoms with Crippen LogP contribution >= 0.6 is 100 Å². The number of aliphatic hydroxyl groups is 1. The molecule has 0 bridgehead atoms. The summed E-state index contributed by atoms with van der Waals surface area (Å²) in [5.41, 5.74) is 3.47. The van der Waals surface area contributed by atoms with Gasteiger partial charge < -0.3 is 34.8 Å². The van der Waals surface area contributed by atoms with Crippen LogP contribution in [0.25, 0.3) is 0 Å². The second-order valence-corrected chi connectivity index (χ2v) is 31.4. The molecule has 4 aliphatic rings. The molecule has 2 fully saturated rings. The van der Waals surface area contributed by atoms with Gasteiger partial charge in [0.2, 0.25) is 11.8 Å². The van der Waals surface area contributed by atoms with E-state index >= 15 is 0 Å². The number of hydrogen-bond acceptors (Lipinski definition) is 10. The second-order valence-electron chi connectivity index (χ2n) is 26.3. The maximum Gasteiger partial charge on any atom is 0.410 e. The van der Waals surface area contributed by atoms with Crippen LogP contribution in [0.4, 0.5) is 4.79 Å². The number of nitrogens with one attached hydrogen (secondary N) is 1. The van der Waals surface area contributed by atoms with E-state index in [1.165, 1.54) is 22.3 Å². The maximum atomic E-state index is 13.7. The van der Waals surface area contributed by atoms with Gasteiger partial charge in [0.25, 0.3) is 0 Å². The summed E-state index contributed by atoms with van der Waals surface area (Å²) in [7, 11) is 5.51. The highest BCUT2D eigenvalue weighted by atomic mass is 35.5. The standard InChI is InChI=1S/C34H47Cl2N3O4S.C29H39Cl2N3O2S.C2H6O.4H2S/c1-31(2,3)29(40)37(7)23-33(25-13-14-27(35)28(36)21-25,38(8)30(41)43-32(4,5)6)15-18-39-19-16-34(17-20-39)26-12-10-9-11-24(26)22-44(34)42;1-27(2,3)26(35)33(5)20-28(32-4,22-10-11-24(30)25(31)18-22)12-15-34-16-13-29(14-17-34)23-9-7-6-8-21(23)19-37(29)36;1-2-3;;;;/h9-14,21H,15-20,22-23H2,1-8H3;6-11,18,32H,12-17,19-20H2,1-5H3;3H,2H2,1H3;4*1H2/t33-,44?;28-,37?;;;;;/m11...../s1. The van der Waals surface area contributed by atoms with E-state index in [-0.39, 0.29) is 88.4 Å². The molecule has 2 unspecified atom stereocenters. The predicted molar refractivity (Wildman–Crippen MR) is 388 cm³/mol. The minimum absolute atomic E-state index is 0. The van der Waals surface area contributed by atoms with Crippen molar-refractivity contribution in [3.05, 3.63) is 138 Å². The van der Waals surface area contributed by atoms with Crippen LogP contribution in [0, 0.1) is 10.8 Å². The van der Waals surface area contributed by atoms with E-state index in [2.05, 4.69) is 45.4 Å². The first-order chi connectivity index (χ1) is 39.2. The number of aliphatic hydroxyl groups excluding tert-OH is 1. The summed E-state index contributed by atoms with van der Waals surface area (Å²) < 4.78 is 32.0. The lowest BCUT2D eigenvalue weighted by atomic mass is 9.82. The Hall–Kier alpha value is -2.21. The third-order valence-electron chi connectivity index (χ3n) is 17.2. The molecule has 8 rings (SSSR count). The average Bonchev–Trinajstić information content (AvgIpc) is 1.58. The quantitative estimate of drug-likeness (QED) is 0.125. The fourth-order valence-corrected chi connectivity index (χ4v) is 16.9. The van der Waals surface area contributed by atoms with Gasteiger partial charge in [-0.25, -0.2) is 4.79 Å². The molecule has 13 nitrogen and oxygen atoms in total. The van der Waals surface area contributed by atoms with Crippen LogP contribution in [-0.2, 0) is 68.0 Å². The summed E-state index contributed by atoms with van der Waals surface area (Å²) in [6, 6.07) is 27.9. The van der Waals surface area contributed by atoms with Gasteiger partial charge in [-0.05, 0) is 157 Å². The topological polar surface area (TPSA) is 143 Å². The number of halogens is 4. The summed E-state index contributed by atoms with van der Waals surface area (Å²) in [5.74, 6) is 1.34. The molecule has 23 heteroatoms. The molecule has 4 aromatic rings. The van der Waals surface area contributed by atoms with Gasteiger partial charge in [0, 0.05) is 97.9 Å². The van der Waals surface area contributed by atoms with E-state index in [1.807, 2.05) is 124 Å². The van der Waals surface area contributed by atoms with Crippen molar-refractivity contribution in [2.45, 2.75) is 145 Å². The highest BCUT2D eigenvalue weighted by Gasteiger charge is 2.50. The summed E-state index contributed by atoms with van der Waals surface area (Å²) in [5, 5.41) is 12.9. The van der Waals surface area contributed by atoms with Crippen LogP contribution in [0.3, 0.4) is 0 Å². The zero-order valence-electron chi connectivity index (χ0n) is 54.1. The second kappa shape index (κ2) is 33.8. The first kappa shape index (κ1) is 81.9. The smallest absolute Gasteiger partial charge is 0.410 e. The number of nitrogens with zero attached hydrogens (tertiary/aromatic N) is 5. The SMILES string of the molecule is CCO.CN(C[C@](CCN1CCC2(CC1)c1ccccc1CS2=O)(c1ccc(Cl)c(Cl)c1)N(C)C(=O)OC(C)(C)C)C(=O)C(C)(C)C.CN[C@](CCN1CCC2(CC1)c1ccccc1CS2=O)(CN(C)C(=O)C(C)(C)C)c1ccc(Cl)c(Cl)c1.S.S.S.S. The number of piperidine rings is 2. The molecule has 2 N–H and O–H groups in total. The number of likely N-dealkylation sites (N-methyl/N-ethyl adjacent to an activating group) is 4. The number of hydrogen-bond donors (Lipinski definition) is 2. The van der Waals surface area contributed by atoms with Gasteiger partial charge in [-0.2, -0.15) is 54.0 Å². The van der Waals surface area contributed by atoms with Gasteiger partial charge in [0.05, 0.1) is 40.7 Å².